The van der Waals surface area contributed by atoms with E-state index in [0.29, 0.717) is 10.6 Å². The van der Waals surface area contributed by atoms with E-state index >= 15 is 0 Å². The maximum Gasteiger partial charge on any atom is 0.177 e. The summed E-state index contributed by atoms with van der Waals surface area (Å²) in [5, 5.41) is 3.25. The molecule has 2 aromatic carbocycles. The Labute approximate surface area is 125 Å². The number of sulfone groups is 1. The highest BCUT2D eigenvalue weighted by atomic mass is 32.2. The third kappa shape index (κ3) is 3.55. The summed E-state index contributed by atoms with van der Waals surface area (Å²) in [7, 11) is -1.65. The summed E-state index contributed by atoms with van der Waals surface area (Å²) in [5.41, 5.74) is 1.57. The second-order valence-corrected chi connectivity index (χ2v) is 6.86. The van der Waals surface area contributed by atoms with Gasteiger partial charge in [0.05, 0.1) is 23.7 Å². The fourth-order valence-corrected chi connectivity index (χ4v) is 3.10. The molecule has 0 saturated carbocycles. The molecule has 5 heteroatoms. The molecule has 0 radical (unpaired) electrons. The highest BCUT2D eigenvalue weighted by Gasteiger charge is 2.16. The lowest BCUT2D eigenvalue weighted by molar-refractivity contribution is 0.408. The van der Waals surface area contributed by atoms with Crippen LogP contribution in [-0.2, 0) is 9.84 Å². The Bertz CT molecular complexity index is 726. The molecule has 0 aliphatic rings. The summed E-state index contributed by atoms with van der Waals surface area (Å²) in [4.78, 5) is 0.298. The van der Waals surface area contributed by atoms with Crippen molar-refractivity contribution < 1.29 is 13.2 Å². The first-order valence-corrected chi connectivity index (χ1v) is 8.51. The van der Waals surface area contributed by atoms with E-state index in [4.69, 9.17) is 4.74 Å². The smallest absolute Gasteiger partial charge is 0.177 e. The third-order valence-corrected chi connectivity index (χ3v) is 4.42. The van der Waals surface area contributed by atoms with Gasteiger partial charge in [0.25, 0.3) is 0 Å². The summed E-state index contributed by atoms with van der Waals surface area (Å²) in [6, 6.07) is 14.5. The molecule has 0 aromatic heterocycles. The first kappa shape index (κ1) is 15.4. The van der Waals surface area contributed by atoms with E-state index in [0.717, 1.165) is 11.3 Å². The van der Waals surface area contributed by atoms with Gasteiger partial charge in [-0.25, -0.2) is 8.42 Å². The molecule has 0 amide bonds. The molecule has 0 fully saturated rings. The van der Waals surface area contributed by atoms with Crippen molar-refractivity contribution in [1.82, 2.24) is 0 Å². The molecule has 112 valence electrons. The van der Waals surface area contributed by atoms with Gasteiger partial charge < -0.3 is 10.1 Å². The molecule has 1 unspecified atom stereocenters. The lowest BCUT2D eigenvalue weighted by Crippen LogP contribution is -2.11. The molecule has 1 N–H and O–H groups in total. The average Bonchev–Trinajstić information content (AvgIpc) is 2.46. The van der Waals surface area contributed by atoms with Crippen LogP contribution in [0.5, 0.6) is 5.75 Å². The Morgan fingerprint density at radius 2 is 1.67 bits per heavy atom. The number of anilines is 1. The standard InChI is InChI=1S/C16H19NO3S/c1-12(13-8-4-6-10-15(13)20-2)17-14-9-5-7-11-16(14)21(3,18)19/h4-12,17H,1-3H3. The van der Waals surface area contributed by atoms with E-state index in [1.54, 1.807) is 25.3 Å². The summed E-state index contributed by atoms with van der Waals surface area (Å²) in [6.45, 7) is 1.97. The van der Waals surface area contributed by atoms with Crippen molar-refractivity contribution in [3.8, 4) is 5.75 Å². The van der Waals surface area contributed by atoms with E-state index in [-0.39, 0.29) is 6.04 Å². The second-order valence-electron chi connectivity index (χ2n) is 4.88. The van der Waals surface area contributed by atoms with E-state index < -0.39 is 9.84 Å². The number of hydrogen-bond acceptors (Lipinski definition) is 4. The first-order chi connectivity index (χ1) is 9.93. The molecule has 0 saturated heterocycles. The number of rotatable bonds is 5. The molecular formula is C16H19NO3S. The van der Waals surface area contributed by atoms with E-state index in [1.807, 2.05) is 37.3 Å². The number of para-hydroxylation sites is 2. The maximum absolute atomic E-state index is 11.8. The Hall–Kier alpha value is -2.01. The van der Waals surface area contributed by atoms with Crippen LogP contribution in [0.3, 0.4) is 0 Å². The van der Waals surface area contributed by atoms with Crippen molar-refractivity contribution in [2.24, 2.45) is 0 Å². The first-order valence-electron chi connectivity index (χ1n) is 6.62. The number of methoxy groups -OCH3 is 1. The van der Waals surface area contributed by atoms with E-state index in [9.17, 15) is 8.42 Å². The highest BCUT2D eigenvalue weighted by molar-refractivity contribution is 7.90. The van der Waals surface area contributed by atoms with Crippen LogP contribution in [0.25, 0.3) is 0 Å². The zero-order valence-corrected chi connectivity index (χ0v) is 13.1. The van der Waals surface area contributed by atoms with Gasteiger partial charge >= 0.3 is 0 Å². The van der Waals surface area contributed by atoms with Gasteiger partial charge in [-0.2, -0.15) is 0 Å². The summed E-state index contributed by atoms with van der Waals surface area (Å²) >= 11 is 0. The minimum atomic E-state index is -3.27. The van der Waals surface area contributed by atoms with Crippen LogP contribution in [0.4, 0.5) is 5.69 Å². The lowest BCUT2D eigenvalue weighted by Gasteiger charge is -2.19. The molecule has 2 rings (SSSR count). The zero-order valence-electron chi connectivity index (χ0n) is 12.3. The molecule has 0 aliphatic heterocycles. The van der Waals surface area contributed by atoms with Crippen molar-refractivity contribution in [3.63, 3.8) is 0 Å². The van der Waals surface area contributed by atoms with Crippen molar-refractivity contribution in [3.05, 3.63) is 54.1 Å². The minimum absolute atomic E-state index is 0.0796. The Morgan fingerprint density at radius 1 is 1.05 bits per heavy atom. The molecule has 0 aliphatic carbocycles. The summed E-state index contributed by atoms with van der Waals surface area (Å²) in [6.07, 6.45) is 1.21. The van der Waals surface area contributed by atoms with Crippen molar-refractivity contribution in [2.45, 2.75) is 17.9 Å². The number of nitrogens with one attached hydrogen (secondary N) is 1. The van der Waals surface area contributed by atoms with E-state index in [2.05, 4.69) is 5.32 Å². The predicted molar refractivity (Wildman–Crippen MR) is 84.6 cm³/mol. The zero-order chi connectivity index (χ0) is 15.5. The topological polar surface area (TPSA) is 55.4 Å². The third-order valence-electron chi connectivity index (χ3n) is 3.26. The Kier molecular flexibility index (Phi) is 4.53. The monoisotopic (exact) mass is 305 g/mol. The molecular weight excluding hydrogens is 286 g/mol. The predicted octanol–water partition coefficient (Wildman–Crippen LogP) is 3.27. The van der Waals surface area contributed by atoms with Gasteiger partial charge in [0.2, 0.25) is 0 Å². The molecule has 2 aromatic rings. The Morgan fingerprint density at radius 3 is 2.33 bits per heavy atom. The quantitative estimate of drug-likeness (QED) is 0.921. The van der Waals surface area contributed by atoms with Crippen LogP contribution in [0.2, 0.25) is 0 Å². The Balaban J connectivity index is 2.35. The van der Waals surface area contributed by atoms with Gasteiger partial charge in [0.1, 0.15) is 5.75 Å². The fraction of sp³-hybridized carbons (Fsp3) is 0.250. The molecule has 4 nitrogen and oxygen atoms in total. The van der Waals surface area contributed by atoms with Gasteiger partial charge in [0, 0.05) is 11.8 Å². The number of benzene rings is 2. The van der Waals surface area contributed by atoms with Gasteiger partial charge in [-0.1, -0.05) is 30.3 Å². The van der Waals surface area contributed by atoms with Crippen molar-refractivity contribution in [1.29, 1.82) is 0 Å². The van der Waals surface area contributed by atoms with Crippen LogP contribution in [0, 0.1) is 0 Å². The van der Waals surface area contributed by atoms with Crippen molar-refractivity contribution >= 4 is 15.5 Å². The van der Waals surface area contributed by atoms with Crippen LogP contribution >= 0.6 is 0 Å². The number of ether oxygens (including phenoxy) is 1. The SMILES string of the molecule is COc1ccccc1C(C)Nc1ccccc1S(C)(=O)=O. The average molecular weight is 305 g/mol. The normalized spacial score (nSPS) is 12.7. The molecule has 1 atom stereocenters. The van der Waals surface area contributed by atoms with Gasteiger partial charge in [-0.3, -0.25) is 0 Å². The van der Waals surface area contributed by atoms with Crippen LogP contribution < -0.4 is 10.1 Å². The summed E-state index contributed by atoms with van der Waals surface area (Å²) in [5.74, 6) is 0.773. The van der Waals surface area contributed by atoms with Gasteiger partial charge in [0.15, 0.2) is 9.84 Å². The van der Waals surface area contributed by atoms with E-state index in [1.165, 1.54) is 6.26 Å². The molecule has 0 bridgehead atoms. The largest absolute Gasteiger partial charge is 0.496 e. The molecule has 0 spiro atoms. The van der Waals surface area contributed by atoms with Crippen molar-refractivity contribution in [2.75, 3.05) is 18.7 Å². The molecule has 0 heterocycles. The summed E-state index contributed by atoms with van der Waals surface area (Å²) < 4.78 is 29.0. The second kappa shape index (κ2) is 6.18. The van der Waals surface area contributed by atoms with Crippen LogP contribution in [0.15, 0.2) is 53.4 Å². The van der Waals surface area contributed by atoms with Gasteiger partial charge in [-0.15, -0.1) is 0 Å². The van der Waals surface area contributed by atoms with Crippen LogP contribution in [-0.4, -0.2) is 21.8 Å². The number of hydrogen-bond donors (Lipinski definition) is 1. The van der Waals surface area contributed by atoms with Crippen LogP contribution in [0.1, 0.15) is 18.5 Å². The lowest BCUT2D eigenvalue weighted by atomic mass is 10.1. The van der Waals surface area contributed by atoms with Gasteiger partial charge in [-0.05, 0) is 25.1 Å². The highest BCUT2D eigenvalue weighted by Crippen LogP contribution is 2.29. The minimum Gasteiger partial charge on any atom is -0.496 e. The maximum atomic E-state index is 11.8. The fourth-order valence-electron chi connectivity index (χ4n) is 2.24. The molecule has 21 heavy (non-hydrogen) atoms.